The lowest BCUT2D eigenvalue weighted by Crippen LogP contribution is -2.15. The lowest BCUT2D eigenvalue weighted by atomic mass is 10.2. The highest BCUT2D eigenvalue weighted by Gasteiger charge is 2.05. The first-order valence-corrected chi connectivity index (χ1v) is 4.24. The average molecular weight is 195 g/mol. The van der Waals surface area contributed by atoms with Gasteiger partial charge in [-0.3, -0.25) is 4.79 Å². The number of esters is 1. The van der Waals surface area contributed by atoms with Crippen LogP contribution >= 0.6 is 0 Å². The molecule has 0 radical (unpaired) electrons. The molecule has 1 aromatic carbocycles. The number of methoxy groups -OCH3 is 1. The molecule has 0 aliphatic rings. The maximum absolute atomic E-state index is 10.8. The SMILES string of the molecule is COC(=O)CNc1cccc(C)c1O. The van der Waals surface area contributed by atoms with E-state index in [4.69, 9.17) is 0 Å². The minimum atomic E-state index is -0.370. The van der Waals surface area contributed by atoms with Crippen LogP contribution in [0.25, 0.3) is 0 Å². The minimum Gasteiger partial charge on any atom is -0.506 e. The van der Waals surface area contributed by atoms with Crippen LogP contribution in [-0.2, 0) is 9.53 Å². The van der Waals surface area contributed by atoms with Gasteiger partial charge in [0, 0.05) is 0 Å². The zero-order valence-corrected chi connectivity index (χ0v) is 8.20. The number of ether oxygens (including phenoxy) is 1. The fraction of sp³-hybridized carbons (Fsp3) is 0.300. The van der Waals surface area contributed by atoms with Crippen LogP contribution in [0.3, 0.4) is 0 Å². The summed E-state index contributed by atoms with van der Waals surface area (Å²) in [5.41, 5.74) is 1.30. The van der Waals surface area contributed by atoms with Crippen LogP contribution in [0.4, 0.5) is 5.69 Å². The van der Waals surface area contributed by atoms with Crippen LogP contribution in [0.15, 0.2) is 18.2 Å². The van der Waals surface area contributed by atoms with E-state index in [1.165, 1.54) is 7.11 Å². The van der Waals surface area contributed by atoms with Gasteiger partial charge in [-0.05, 0) is 18.6 Å². The van der Waals surface area contributed by atoms with Gasteiger partial charge in [0.1, 0.15) is 12.3 Å². The number of benzene rings is 1. The van der Waals surface area contributed by atoms with Crippen LogP contribution in [-0.4, -0.2) is 24.7 Å². The Balaban J connectivity index is 2.68. The van der Waals surface area contributed by atoms with E-state index >= 15 is 0 Å². The van der Waals surface area contributed by atoms with Crippen LogP contribution in [0.1, 0.15) is 5.56 Å². The molecule has 0 saturated carbocycles. The van der Waals surface area contributed by atoms with Crippen molar-refractivity contribution in [1.29, 1.82) is 0 Å². The molecule has 0 heterocycles. The summed E-state index contributed by atoms with van der Waals surface area (Å²) in [6.45, 7) is 1.84. The van der Waals surface area contributed by atoms with Gasteiger partial charge in [0.2, 0.25) is 0 Å². The second-order valence-electron chi connectivity index (χ2n) is 2.90. The summed E-state index contributed by atoms with van der Waals surface area (Å²) in [4.78, 5) is 10.8. The molecule has 1 aromatic rings. The highest BCUT2D eigenvalue weighted by Crippen LogP contribution is 2.25. The first kappa shape index (κ1) is 10.4. The van der Waals surface area contributed by atoms with Gasteiger partial charge in [-0.25, -0.2) is 0 Å². The van der Waals surface area contributed by atoms with Crippen LogP contribution in [0.2, 0.25) is 0 Å². The minimum absolute atomic E-state index is 0.0491. The topological polar surface area (TPSA) is 58.6 Å². The maximum atomic E-state index is 10.8. The summed E-state index contributed by atoms with van der Waals surface area (Å²) in [7, 11) is 1.32. The Labute approximate surface area is 82.5 Å². The summed E-state index contributed by atoms with van der Waals surface area (Å²) >= 11 is 0. The van der Waals surface area contributed by atoms with Crippen molar-refractivity contribution in [2.75, 3.05) is 19.0 Å². The number of carbonyl (C=O) groups excluding carboxylic acids is 1. The number of hydrogen-bond donors (Lipinski definition) is 2. The van der Waals surface area contributed by atoms with E-state index in [1.54, 1.807) is 25.1 Å². The molecule has 14 heavy (non-hydrogen) atoms. The summed E-state index contributed by atoms with van der Waals surface area (Å²) in [5.74, 6) is -0.206. The van der Waals surface area contributed by atoms with Gasteiger partial charge < -0.3 is 15.2 Å². The van der Waals surface area contributed by atoms with E-state index in [2.05, 4.69) is 10.1 Å². The number of hydrogen-bond acceptors (Lipinski definition) is 4. The Morgan fingerprint density at radius 1 is 1.57 bits per heavy atom. The second kappa shape index (κ2) is 4.50. The molecule has 0 aromatic heterocycles. The number of phenolic OH excluding ortho intramolecular Hbond substituents is 1. The Bertz CT molecular complexity index is 336. The first-order valence-electron chi connectivity index (χ1n) is 4.24. The molecule has 0 fully saturated rings. The van der Waals surface area contributed by atoms with Crippen LogP contribution in [0.5, 0.6) is 5.75 Å². The molecule has 0 bridgehead atoms. The van der Waals surface area contributed by atoms with Gasteiger partial charge >= 0.3 is 5.97 Å². The first-order chi connectivity index (χ1) is 6.65. The molecule has 4 nitrogen and oxygen atoms in total. The number of aryl methyl sites for hydroxylation is 1. The molecule has 4 heteroatoms. The highest BCUT2D eigenvalue weighted by atomic mass is 16.5. The van der Waals surface area contributed by atoms with Crippen LogP contribution in [0, 0.1) is 6.92 Å². The fourth-order valence-electron chi connectivity index (χ4n) is 1.04. The smallest absolute Gasteiger partial charge is 0.325 e. The molecule has 2 N–H and O–H groups in total. The Kier molecular flexibility index (Phi) is 3.34. The quantitative estimate of drug-likeness (QED) is 0.563. The average Bonchev–Trinajstić information content (AvgIpc) is 2.20. The number of anilines is 1. The van der Waals surface area contributed by atoms with E-state index < -0.39 is 0 Å². The number of phenols is 1. The van der Waals surface area contributed by atoms with Crippen molar-refractivity contribution in [1.82, 2.24) is 0 Å². The van der Waals surface area contributed by atoms with Crippen molar-refractivity contribution in [3.05, 3.63) is 23.8 Å². The molecule has 76 valence electrons. The molecule has 0 amide bonds. The highest BCUT2D eigenvalue weighted by molar-refractivity contribution is 5.76. The number of rotatable bonds is 3. The fourth-order valence-corrected chi connectivity index (χ4v) is 1.04. The Morgan fingerprint density at radius 2 is 2.29 bits per heavy atom. The maximum Gasteiger partial charge on any atom is 0.325 e. The van der Waals surface area contributed by atoms with Crippen molar-refractivity contribution in [3.63, 3.8) is 0 Å². The van der Waals surface area contributed by atoms with E-state index in [9.17, 15) is 9.90 Å². The van der Waals surface area contributed by atoms with Crippen molar-refractivity contribution in [3.8, 4) is 5.75 Å². The molecule has 0 unspecified atom stereocenters. The van der Waals surface area contributed by atoms with Crippen molar-refractivity contribution in [2.45, 2.75) is 6.92 Å². The third-order valence-corrected chi connectivity index (χ3v) is 1.89. The number of para-hydroxylation sites is 1. The van der Waals surface area contributed by atoms with Gasteiger partial charge in [-0.15, -0.1) is 0 Å². The predicted octanol–water partition coefficient (Wildman–Crippen LogP) is 1.29. The zero-order valence-electron chi connectivity index (χ0n) is 8.20. The van der Waals surface area contributed by atoms with E-state index in [1.807, 2.05) is 0 Å². The van der Waals surface area contributed by atoms with E-state index in [0.717, 1.165) is 5.56 Å². The van der Waals surface area contributed by atoms with E-state index in [-0.39, 0.29) is 18.3 Å². The summed E-state index contributed by atoms with van der Waals surface area (Å²) in [6, 6.07) is 5.29. The molecular weight excluding hydrogens is 182 g/mol. The molecule has 1 rings (SSSR count). The Hall–Kier alpha value is -1.71. The van der Waals surface area contributed by atoms with Crippen LogP contribution < -0.4 is 5.32 Å². The third kappa shape index (κ3) is 2.39. The summed E-state index contributed by atoms with van der Waals surface area (Å²) < 4.78 is 4.46. The van der Waals surface area contributed by atoms with Crippen molar-refractivity contribution < 1.29 is 14.6 Å². The van der Waals surface area contributed by atoms with Crippen molar-refractivity contribution in [2.24, 2.45) is 0 Å². The summed E-state index contributed by atoms with van der Waals surface area (Å²) in [5, 5.41) is 12.3. The van der Waals surface area contributed by atoms with Crippen molar-refractivity contribution >= 4 is 11.7 Å². The molecular formula is C10H13NO3. The zero-order chi connectivity index (χ0) is 10.6. The van der Waals surface area contributed by atoms with Gasteiger partial charge in [0.25, 0.3) is 0 Å². The largest absolute Gasteiger partial charge is 0.506 e. The van der Waals surface area contributed by atoms with E-state index in [0.29, 0.717) is 5.69 Å². The molecule has 0 aliphatic heterocycles. The molecule has 0 spiro atoms. The Morgan fingerprint density at radius 3 is 2.93 bits per heavy atom. The normalized spacial score (nSPS) is 9.57. The third-order valence-electron chi connectivity index (χ3n) is 1.89. The number of carbonyl (C=O) groups is 1. The number of aromatic hydroxyl groups is 1. The van der Waals surface area contributed by atoms with Gasteiger partial charge in [0.05, 0.1) is 12.8 Å². The molecule has 0 aliphatic carbocycles. The lowest BCUT2D eigenvalue weighted by Gasteiger charge is -2.08. The van der Waals surface area contributed by atoms with Gasteiger partial charge in [-0.1, -0.05) is 12.1 Å². The second-order valence-corrected chi connectivity index (χ2v) is 2.90. The lowest BCUT2D eigenvalue weighted by molar-refractivity contribution is -0.138. The molecule has 0 saturated heterocycles. The predicted molar refractivity (Wildman–Crippen MR) is 53.3 cm³/mol. The van der Waals surface area contributed by atoms with Gasteiger partial charge in [-0.2, -0.15) is 0 Å². The molecule has 0 atom stereocenters. The van der Waals surface area contributed by atoms with Gasteiger partial charge in [0.15, 0.2) is 0 Å². The number of nitrogens with one attached hydrogen (secondary N) is 1. The monoisotopic (exact) mass is 195 g/mol. The summed E-state index contributed by atoms with van der Waals surface area (Å²) in [6.07, 6.45) is 0. The standard InChI is InChI=1S/C10H13NO3/c1-7-4-3-5-8(10(7)13)11-6-9(12)14-2/h3-5,11,13H,6H2,1-2H3.